The molecular formula is C24H26N6O4. The molecule has 2 aromatic heterocycles. The summed E-state index contributed by atoms with van der Waals surface area (Å²) in [7, 11) is 5.06. The summed E-state index contributed by atoms with van der Waals surface area (Å²) in [6.45, 7) is 0.878. The van der Waals surface area contributed by atoms with Gasteiger partial charge in [0.05, 0.1) is 43.3 Å². The van der Waals surface area contributed by atoms with E-state index in [9.17, 15) is 4.79 Å². The highest BCUT2D eigenvalue weighted by Crippen LogP contribution is 2.34. The Kier molecular flexibility index (Phi) is 6.77. The fourth-order valence-electron chi connectivity index (χ4n) is 3.65. The van der Waals surface area contributed by atoms with Gasteiger partial charge in [-0.1, -0.05) is 0 Å². The van der Waals surface area contributed by atoms with Crippen LogP contribution in [0.5, 0.6) is 11.5 Å². The Balaban J connectivity index is 1.73. The number of methoxy groups -OCH3 is 2. The zero-order valence-corrected chi connectivity index (χ0v) is 19.2. The molecule has 0 atom stereocenters. The van der Waals surface area contributed by atoms with Crippen molar-refractivity contribution in [3.05, 3.63) is 55.0 Å². The van der Waals surface area contributed by atoms with Gasteiger partial charge >= 0.3 is 6.09 Å². The third-order valence-corrected chi connectivity index (χ3v) is 5.32. The van der Waals surface area contributed by atoms with E-state index >= 15 is 0 Å². The summed E-state index contributed by atoms with van der Waals surface area (Å²) < 4.78 is 12.6. The number of nitrogens with one attached hydrogen (secondary N) is 1. The van der Waals surface area contributed by atoms with Crippen LogP contribution in [-0.2, 0) is 7.05 Å². The van der Waals surface area contributed by atoms with Gasteiger partial charge in [0.25, 0.3) is 0 Å². The van der Waals surface area contributed by atoms with Crippen LogP contribution < -0.4 is 19.7 Å². The molecule has 10 nitrogen and oxygen atoms in total. The van der Waals surface area contributed by atoms with Crippen LogP contribution in [0.15, 0.2) is 55.0 Å². The van der Waals surface area contributed by atoms with Crippen LogP contribution >= 0.6 is 0 Å². The van der Waals surface area contributed by atoms with Gasteiger partial charge in [-0.25, -0.2) is 9.78 Å². The number of nitrogens with zero attached hydrogens (tertiary/aromatic N) is 5. The van der Waals surface area contributed by atoms with Gasteiger partial charge in [0.1, 0.15) is 11.5 Å². The molecule has 0 bridgehead atoms. The van der Waals surface area contributed by atoms with Crippen molar-refractivity contribution < 1.29 is 19.4 Å². The SMILES string of the molecule is COc1cc(OC)cc(N(CCCNC(=O)O)c2ccc3ncc(-c4cnn(C)c4)nc3c2)c1. The highest BCUT2D eigenvalue weighted by Gasteiger charge is 2.15. The molecule has 34 heavy (non-hydrogen) atoms. The molecule has 10 heteroatoms. The van der Waals surface area contributed by atoms with Crippen LogP contribution in [0.4, 0.5) is 16.2 Å². The lowest BCUT2D eigenvalue weighted by Gasteiger charge is -2.26. The van der Waals surface area contributed by atoms with Gasteiger partial charge in [0, 0.05) is 61.5 Å². The molecule has 2 heterocycles. The first kappa shape index (κ1) is 22.8. The van der Waals surface area contributed by atoms with Gasteiger partial charge in [-0.05, 0) is 24.6 Å². The second-order valence-corrected chi connectivity index (χ2v) is 7.64. The number of anilines is 2. The summed E-state index contributed by atoms with van der Waals surface area (Å²) in [5.74, 6) is 1.31. The molecule has 0 fully saturated rings. The second-order valence-electron chi connectivity index (χ2n) is 7.64. The van der Waals surface area contributed by atoms with E-state index in [4.69, 9.17) is 19.6 Å². The number of ether oxygens (including phenoxy) is 2. The minimum atomic E-state index is -1.04. The lowest BCUT2D eigenvalue weighted by Crippen LogP contribution is -2.26. The Labute approximate surface area is 196 Å². The maximum Gasteiger partial charge on any atom is 0.404 e. The quantitative estimate of drug-likeness (QED) is 0.361. The summed E-state index contributed by atoms with van der Waals surface area (Å²) in [6.07, 6.45) is 4.93. The number of fused-ring (bicyclic) bond motifs is 1. The van der Waals surface area contributed by atoms with Crippen molar-refractivity contribution in [2.45, 2.75) is 6.42 Å². The molecule has 1 amide bonds. The number of amides is 1. The summed E-state index contributed by atoms with van der Waals surface area (Å²) in [6, 6.07) is 11.5. The highest BCUT2D eigenvalue weighted by molar-refractivity contribution is 5.82. The zero-order valence-electron chi connectivity index (χ0n) is 19.2. The van der Waals surface area contributed by atoms with E-state index in [2.05, 4.69) is 20.3 Å². The molecule has 0 spiro atoms. The van der Waals surface area contributed by atoms with Crippen LogP contribution in [0.3, 0.4) is 0 Å². The van der Waals surface area contributed by atoms with Crippen LogP contribution in [0.25, 0.3) is 22.3 Å². The zero-order chi connectivity index (χ0) is 24.1. The van der Waals surface area contributed by atoms with Gasteiger partial charge in [0.15, 0.2) is 0 Å². The molecule has 0 saturated heterocycles. The van der Waals surface area contributed by atoms with Crippen molar-refractivity contribution in [3.8, 4) is 22.8 Å². The smallest absolute Gasteiger partial charge is 0.404 e. The maximum absolute atomic E-state index is 10.9. The number of carboxylic acid groups (broad SMARTS) is 1. The minimum Gasteiger partial charge on any atom is -0.497 e. The average Bonchev–Trinajstić information content (AvgIpc) is 3.29. The first-order valence-electron chi connectivity index (χ1n) is 10.7. The Bertz CT molecular complexity index is 1280. The van der Waals surface area contributed by atoms with Crippen LogP contribution in [0.1, 0.15) is 6.42 Å². The summed E-state index contributed by atoms with van der Waals surface area (Å²) in [5, 5.41) is 15.5. The van der Waals surface area contributed by atoms with Gasteiger partial charge in [-0.3, -0.25) is 9.67 Å². The minimum absolute atomic E-state index is 0.325. The number of aromatic nitrogens is 4. The molecule has 0 saturated carbocycles. The predicted molar refractivity (Wildman–Crippen MR) is 129 cm³/mol. The number of hydrogen-bond donors (Lipinski definition) is 2. The van der Waals surface area contributed by atoms with E-state index in [0.29, 0.717) is 31.0 Å². The topological polar surface area (TPSA) is 115 Å². The van der Waals surface area contributed by atoms with Gasteiger partial charge in [-0.15, -0.1) is 0 Å². The molecule has 2 aromatic carbocycles. The molecule has 0 unspecified atom stereocenters. The molecule has 0 aliphatic heterocycles. The largest absolute Gasteiger partial charge is 0.497 e. The van der Waals surface area contributed by atoms with E-state index < -0.39 is 6.09 Å². The van der Waals surface area contributed by atoms with Gasteiger partial charge in [-0.2, -0.15) is 5.10 Å². The Morgan fingerprint density at radius 1 is 1.06 bits per heavy atom. The molecule has 0 aliphatic rings. The third-order valence-electron chi connectivity index (χ3n) is 5.32. The second kappa shape index (κ2) is 10.1. The highest BCUT2D eigenvalue weighted by atomic mass is 16.5. The van der Waals surface area contributed by atoms with Gasteiger partial charge in [0.2, 0.25) is 0 Å². The molecule has 0 aliphatic carbocycles. The Hall–Kier alpha value is -4.34. The van der Waals surface area contributed by atoms with Crippen LogP contribution in [0, 0.1) is 0 Å². The molecule has 4 rings (SSSR count). The van der Waals surface area contributed by atoms with Crippen LogP contribution in [-0.4, -0.2) is 58.3 Å². The third kappa shape index (κ3) is 5.17. The fourth-order valence-corrected chi connectivity index (χ4v) is 3.65. The number of benzene rings is 2. The Morgan fingerprint density at radius 2 is 1.82 bits per heavy atom. The first-order chi connectivity index (χ1) is 16.5. The van der Waals surface area contributed by atoms with Crippen molar-refractivity contribution in [3.63, 3.8) is 0 Å². The fraction of sp³-hybridized carbons (Fsp3) is 0.250. The molecule has 2 N–H and O–H groups in total. The average molecular weight is 463 g/mol. The van der Waals surface area contributed by atoms with Crippen molar-refractivity contribution in [2.24, 2.45) is 7.05 Å². The van der Waals surface area contributed by atoms with Crippen molar-refractivity contribution in [1.29, 1.82) is 0 Å². The van der Waals surface area contributed by atoms with Crippen molar-refractivity contribution in [2.75, 3.05) is 32.2 Å². The lowest BCUT2D eigenvalue weighted by molar-refractivity contribution is 0.194. The van der Waals surface area contributed by atoms with E-state index in [1.165, 1.54) is 0 Å². The predicted octanol–water partition coefficient (Wildman–Crippen LogP) is 3.84. The summed E-state index contributed by atoms with van der Waals surface area (Å²) >= 11 is 0. The first-order valence-corrected chi connectivity index (χ1v) is 10.7. The van der Waals surface area contributed by atoms with Crippen molar-refractivity contribution in [1.82, 2.24) is 25.1 Å². The molecular weight excluding hydrogens is 436 g/mol. The maximum atomic E-state index is 10.9. The number of aryl methyl sites for hydroxylation is 1. The van der Waals surface area contributed by atoms with Gasteiger partial charge < -0.3 is 24.8 Å². The normalized spacial score (nSPS) is 10.8. The van der Waals surface area contributed by atoms with E-state index in [0.717, 1.165) is 33.7 Å². The van der Waals surface area contributed by atoms with E-state index in [1.807, 2.05) is 43.6 Å². The molecule has 4 aromatic rings. The molecule has 0 radical (unpaired) electrons. The monoisotopic (exact) mass is 462 g/mol. The summed E-state index contributed by atoms with van der Waals surface area (Å²) in [4.78, 5) is 22.3. The van der Waals surface area contributed by atoms with Crippen molar-refractivity contribution >= 4 is 28.5 Å². The molecule has 176 valence electrons. The number of rotatable bonds is 9. The van der Waals surface area contributed by atoms with E-state index in [-0.39, 0.29) is 0 Å². The summed E-state index contributed by atoms with van der Waals surface area (Å²) in [5.41, 5.74) is 4.86. The standard InChI is InChI=1S/C24H26N6O4/c1-29-15-16(13-27-29)23-14-26-21-6-5-17(11-22(21)28-23)30(8-4-7-25-24(31)32)18-9-19(33-2)12-20(10-18)34-3/h5-6,9-15,25H,4,7-8H2,1-3H3,(H,31,32). The van der Waals surface area contributed by atoms with E-state index in [1.54, 1.807) is 37.4 Å². The Morgan fingerprint density at radius 3 is 2.47 bits per heavy atom. The number of hydrogen-bond acceptors (Lipinski definition) is 7. The lowest BCUT2D eigenvalue weighted by atomic mass is 10.1. The number of carbonyl (C=O) groups is 1. The van der Waals surface area contributed by atoms with Crippen LogP contribution in [0.2, 0.25) is 0 Å².